The van der Waals surface area contributed by atoms with Crippen LogP contribution in [0.15, 0.2) is 25.3 Å². The molecule has 2 aliphatic rings. The van der Waals surface area contributed by atoms with Crippen LogP contribution < -0.4 is 0 Å². The molecule has 0 bridgehead atoms. The van der Waals surface area contributed by atoms with Crippen LogP contribution in [0.5, 0.6) is 0 Å². The summed E-state index contributed by atoms with van der Waals surface area (Å²) in [7, 11) is 0. The summed E-state index contributed by atoms with van der Waals surface area (Å²) in [6.07, 6.45) is 9.19. The van der Waals surface area contributed by atoms with Gasteiger partial charge in [0.1, 0.15) is 0 Å². The maximum atomic E-state index is 9.66. The average molecular weight is 252 g/mol. The lowest BCUT2D eigenvalue weighted by Crippen LogP contribution is -2.34. The van der Waals surface area contributed by atoms with E-state index in [1.807, 2.05) is 6.08 Å². The highest BCUT2D eigenvalue weighted by molar-refractivity contribution is 4.95. The number of rotatable bonds is 5. The molecule has 0 aromatic rings. The summed E-state index contributed by atoms with van der Waals surface area (Å²) in [4.78, 5) is 0. The Kier molecular flexibility index (Phi) is 4.60. The first kappa shape index (κ1) is 13.8. The van der Waals surface area contributed by atoms with Crippen molar-refractivity contribution in [2.75, 3.05) is 6.61 Å². The van der Waals surface area contributed by atoms with E-state index in [-0.39, 0.29) is 17.8 Å². The molecule has 1 aliphatic heterocycles. The highest BCUT2D eigenvalue weighted by Gasteiger charge is 2.44. The lowest BCUT2D eigenvalue weighted by Gasteiger charge is -2.32. The second-order valence-corrected chi connectivity index (χ2v) is 5.38. The SMILES string of the molecule is C=CC(O)C[C@H](C=C)[C@H]1COC2(CCCCC2)O1. The largest absolute Gasteiger partial charge is 0.389 e. The van der Waals surface area contributed by atoms with Crippen molar-refractivity contribution in [2.45, 2.75) is 56.5 Å². The van der Waals surface area contributed by atoms with Crippen LogP contribution in [-0.2, 0) is 9.47 Å². The zero-order chi connectivity index (χ0) is 13.0. The molecule has 3 nitrogen and oxygen atoms in total. The molecular formula is C15H24O3. The van der Waals surface area contributed by atoms with Crippen molar-refractivity contribution in [3.63, 3.8) is 0 Å². The molecule has 102 valence electrons. The van der Waals surface area contributed by atoms with E-state index in [0.29, 0.717) is 13.0 Å². The third-order valence-corrected chi connectivity index (χ3v) is 4.06. The molecule has 0 radical (unpaired) electrons. The molecule has 1 spiro atoms. The molecule has 2 fully saturated rings. The smallest absolute Gasteiger partial charge is 0.168 e. The van der Waals surface area contributed by atoms with Crippen molar-refractivity contribution in [3.05, 3.63) is 25.3 Å². The molecule has 0 aromatic carbocycles. The van der Waals surface area contributed by atoms with Crippen molar-refractivity contribution in [3.8, 4) is 0 Å². The number of hydrogen-bond acceptors (Lipinski definition) is 3. The zero-order valence-electron chi connectivity index (χ0n) is 11.0. The quantitative estimate of drug-likeness (QED) is 0.765. The fraction of sp³-hybridized carbons (Fsp3) is 0.733. The predicted octanol–water partition coefficient (Wildman–Crippen LogP) is 2.80. The van der Waals surface area contributed by atoms with Gasteiger partial charge in [0.15, 0.2) is 5.79 Å². The van der Waals surface area contributed by atoms with Crippen LogP contribution in [0.2, 0.25) is 0 Å². The van der Waals surface area contributed by atoms with Crippen molar-refractivity contribution in [1.29, 1.82) is 0 Å². The van der Waals surface area contributed by atoms with Crippen LogP contribution >= 0.6 is 0 Å². The Labute approximate surface area is 109 Å². The molecule has 0 amide bonds. The molecule has 1 heterocycles. The summed E-state index contributed by atoms with van der Waals surface area (Å²) < 4.78 is 12.1. The molecular weight excluding hydrogens is 228 g/mol. The highest BCUT2D eigenvalue weighted by atomic mass is 16.7. The van der Waals surface area contributed by atoms with Crippen LogP contribution in [0.25, 0.3) is 0 Å². The summed E-state index contributed by atoms with van der Waals surface area (Å²) in [5, 5.41) is 9.66. The lowest BCUT2D eigenvalue weighted by molar-refractivity contribution is -0.190. The van der Waals surface area contributed by atoms with Gasteiger partial charge in [-0.15, -0.1) is 13.2 Å². The van der Waals surface area contributed by atoms with Gasteiger partial charge in [-0.1, -0.05) is 18.6 Å². The first-order chi connectivity index (χ1) is 8.69. The Morgan fingerprint density at radius 2 is 1.94 bits per heavy atom. The van der Waals surface area contributed by atoms with E-state index in [2.05, 4.69) is 13.2 Å². The predicted molar refractivity (Wildman–Crippen MR) is 71.1 cm³/mol. The Morgan fingerprint density at radius 1 is 1.22 bits per heavy atom. The summed E-state index contributed by atoms with van der Waals surface area (Å²) >= 11 is 0. The summed E-state index contributed by atoms with van der Waals surface area (Å²) in [5.41, 5.74) is 0. The summed E-state index contributed by atoms with van der Waals surface area (Å²) in [5.74, 6) is -0.220. The number of aliphatic hydroxyl groups excluding tert-OH is 1. The standard InChI is InChI=1S/C15H24O3/c1-3-12(10-13(16)4-2)14-11-17-15(18-14)8-6-5-7-9-15/h3-4,12-14,16H,1-2,5-11H2/t12-,13?,14+/m0/s1. The van der Waals surface area contributed by atoms with Gasteiger partial charge in [-0.05, 0) is 19.3 Å². The van der Waals surface area contributed by atoms with E-state index in [0.717, 1.165) is 12.8 Å². The second kappa shape index (κ2) is 6.00. The molecule has 1 N–H and O–H groups in total. The molecule has 18 heavy (non-hydrogen) atoms. The van der Waals surface area contributed by atoms with Crippen molar-refractivity contribution >= 4 is 0 Å². The van der Waals surface area contributed by atoms with Gasteiger partial charge in [0.05, 0.1) is 18.8 Å². The minimum atomic E-state index is -0.500. The molecule has 1 unspecified atom stereocenters. The number of aliphatic hydroxyl groups is 1. The molecule has 1 saturated carbocycles. The zero-order valence-corrected chi connectivity index (χ0v) is 11.0. The van der Waals surface area contributed by atoms with Crippen LogP contribution in [0.4, 0.5) is 0 Å². The van der Waals surface area contributed by atoms with Crippen molar-refractivity contribution < 1.29 is 14.6 Å². The third-order valence-electron chi connectivity index (χ3n) is 4.06. The van der Waals surface area contributed by atoms with Gasteiger partial charge in [0.2, 0.25) is 0 Å². The van der Waals surface area contributed by atoms with E-state index in [1.54, 1.807) is 6.08 Å². The third kappa shape index (κ3) is 3.02. The normalized spacial score (nSPS) is 29.9. The average Bonchev–Trinajstić information content (AvgIpc) is 2.80. The second-order valence-electron chi connectivity index (χ2n) is 5.38. The van der Waals surface area contributed by atoms with Crippen LogP contribution in [-0.4, -0.2) is 29.7 Å². The van der Waals surface area contributed by atoms with Gasteiger partial charge in [-0.3, -0.25) is 0 Å². The van der Waals surface area contributed by atoms with E-state index in [4.69, 9.17) is 9.47 Å². The van der Waals surface area contributed by atoms with Gasteiger partial charge in [0, 0.05) is 18.8 Å². The van der Waals surface area contributed by atoms with E-state index in [1.165, 1.54) is 19.3 Å². The Balaban J connectivity index is 1.93. The first-order valence-electron chi connectivity index (χ1n) is 6.94. The maximum absolute atomic E-state index is 9.66. The Bertz CT molecular complexity index is 294. The summed E-state index contributed by atoms with van der Waals surface area (Å²) in [6.45, 7) is 8.06. The fourth-order valence-corrected chi connectivity index (χ4v) is 2.92. The van der Waals surface area contributed by atoms with Crippen molar-refractivity contribution in [1.82, 2.24) is 0 Å². The van der Waals surface area contributed by atoms with Gasteiger partial charge in [-0.2, -0.15) is 0 Å². The number of hydrogen-bond donors (Lipinski definition) is 1. The van der Waals surface area contributed by atoms with Gasteiger partial charge in [0.25, 0.3) is 0 Å². The highest BCUT2D eigenvalue weighted by Crippen LogP contribution is 2.40. The topological polar surface area (TPSA) is 38.7 Å². The summed E-state index contributed by atoms with van der Waals surface area (Å²) in [6, 6.07) is 0. The van der Waals surface area contributed by atoms with Crippen LogP contribution in [0.1, 0.15) is 38.5 Å². The molecule has 2 rings (SSSR count). The first-order valence-corrected chi connectivity index (χ1v) is 6.94. The minimum Gasteiger partial charge on any atom is -0.389 e. The lowest BCUT2D eigenvalue weighted by atomic mass is 9.93. The number of ether oxygens (including phenoxy) is 2. The monoisotopic (exact) mass is 252 g/mol. The van der Waals surface area contributed by atoms with Gasteiger partial charge in [-0.25, -0.2) is 0 Å². The van der Waals surface area contributed by atoms with Crippen molar-refractivity contribution in [2.24, 2.45) is 5.92 Å². The molecule has 0 aromatic heterocycles. The molecule has 3 atom stereocenters. The van der Waals surface area contributed by atoms with E-state index < -0.39 is 6.10 Å². The Hall–Kier alpha value is -0.640. The minimum absolute atomic E-state index is 0.0233. The van der Waals surface area contributed by atoms with Crippen LogP contribution in [0, 0.1) is 5.92 Å². The Morgan fingerprint density at radius 3 is 2.56 bits per heavy atom. The maximum Gasteiger partial charge on any atom is 0.168 e. The molecule has 1 saturated heterocycles. The molecule has 1 aliphatic carbocycles. The van der Waals surface area contributed by atoms with Gasteiger partial charge >= 0.3 is 0 Å². The molecule has 3 heteroatoms. The van der Waals surface area contributed by atoms with Crippen LogP contribution in [0.3, 0.4) is 0 Å². The van der Waals surface area contributed by atoms with E-state index in [9.17, 15) is 5.11 Å². The fourth-order valence-electron chi connectivity index (χ4n) is 2.92. The van der Waals surface area contributed by atoms with Gasteiger partial charge < -0.3 is 14.6 Å². The van der Waals surface area contributed by atoms with E-state index >= 15 is 0 Å².